The van der Waals surface area contributed by atoms with E-state index in [9.17, 15) is 0 Å². The summed E-state index contributed by atoms with van der Waals surface area (Å²) in [5.74, 6) is 1.67. The average molecular weight is 271 g/mol. The quantitative estimate of drug-likeness (QED) is 0.889. The largest absolute Gasteiger partial charge is 0.316 e. The van der Waals surface area contributed by atoms with Gasteiger partial charge in [-0.3, -0.25) is 4.90 Å². The Bertz CT molecular complexity index is 410. The van der Waals surface area contributed by atoms with Crippen LogP contribution in [0.4, 0.5) is 0 Å². The first kappa shape index (κ1) is 11.8. The molecule has 17 heavy (non-hydrogen) atoms. The van der Waals surface area contributed by atoms with Crippen LogP contribution in [0.1, 0.15) is 5.56 Å². The van der Waals surface area contributed by atoms with E-state index < -0.39 is 0 Å². The SMILES string of the molecule is Clc1ccc(CN2CC3CNCC3C2)c(Cl)c1. The van der Waals surface area contributed by atoms with Gasteiger partial charge >= 0.3 is 0 Å². The third-order valence-electron chi connectivity index (χ3n) is 3.87. The summed E-state index contributed by atoms with van der Waals surface area (Å²) in [4.78, 5) is 2.51. The van der Waals surface area contributed by atoms with E-state index in [4.69, 9.17) is 23.2 Å². The van der Waals surface area contributed by atoms with Crippen LogP contribution >= 0.6 is 23.2 Å². The fourth-order valence-electron chi connectivity index (χ4n) is 2.97. The molecule has 0 saturated carbocycles. The first-order valence-corrected chi connectivity index (χ1v) is 6.85. The lowest BCUT2D eigenvalue weighted by atomic mass is 10.0. The lowest BCUT2D eigenvalue weighted by Gasteiger charge is -2.17. The zero-order valence-electron chi connectivity index (χ0n) is 9.63. The van der Waals surface area contributed by atoms with E-state index in [0.29, 0.717) is 5.02 Å². The van der Waals surface area contributed by atoms with Gasteiger partial charge in [0, 0.05) is 29.7 Å². The summed E-state index contributed by atoms with van der Waals surface area (Å²) in [5.41, 5.74) is 1.18. The predicted octanol–water partition coefficient (Wildman–Crippen LogP) is 2.64. The van der Waals surface area contributed by atoms with Gasteiger partial charge in [-0.2, -0.15) is 0 Å². The molecule has 0 aromatic heterocycles. The van der Waals surface area contributed by atoms with Crippen molar-refractivity contribution in [2.75, 3.05) is 26.2 Å². The summed E-state index contributed by atoms with van der Waals surface area (Å²) >= 11 is 12.1. The molecule has 2 saturated heterocycles. The molecule has 0 radical (unpaired) electrons. The van der Waals surface area contributed by atoms with Crippen LogP contribution in [0.5, 0.6) is 0 Å². The third kappa shape index (κ3) is 2.45. The van der Waals surface area contributed by atoms with Crippen LogP contribution in [-0.4, -0.2) is 31.1 Å². The van der Waals surface area contributed by atoms with Crippen LogP contribution in [0.3, 0.4) is 0 Å². The number of halogens is 2. The number of hydrogen-bond acceptors (Lipinski definition) is 2. The van der Waals surface area contributed by atoms with Gasteiger partial charge in [-0.15, -0.1) is 0 Å². The normalized spacial score (nSPS) is 28.6. The summed E-state index contributed by atoms with van der Waals surface area (Å²) in [7, 11) is 0. The maximum Gasteiger partial charge on any atom is 0.0465 e. The highest BCUT2D eigenvalue weighted by Crippen LogP contribution is 2.29. The van der Waals surface area contributed by atoms with Gasteiger partial charge in [0.15, 0.2) is 0 Å². The molecule has 0 bridgehead atoms. The van der Waals surface area contributed by atoms with Crippen LogP contribution in [0.25, 0.3) is 0 Å². The van der Waals surface area contributed by atoms with E-state index in [0.717, 1.165) is 23.4 Å². The second-order valence-corrected chi connectivity index (χ2v) is 5.95. The van der Waals surface area contributed by atoms with Gasteiger partial charge in [0.05, 0.1) is 0 Å². The first-order valence-electron chi connectivity index (χ1n) is 6.09. The van der Waals surface area contributed by atoms with E-state index in [2.05, 4.69) is 10.2 Å². The number of nitrogens with one attached hydrogen (secondary N) is 1. The zero-order valence-corrected chi connectivity index (χ0v) is 11.1. The van der Waals surface area contributed by atoms with Gasteiger partial charge in [0.1, 0.15) is 0 Å². The summed E-state index contributed by atoms with van der Waals surface area (Å²) in [6.07, 6.45) is 0. The Hall–Kier alpha value is -0.280. The van der Waals surface area contributed by atoms with Crippen molar-refractivity contribution in [3.05, 3.63) is 33.8 Å². The molecule has 92 valence electrons. The Kier molecular flexibility index (Phi) is 3.31. The highest BCUT2D eigenvalue weighted by molar-refractivity contribution is 6.35. The van der Waals surface area contributed by atoms with Crippen LogP contribution in [0, 0.1) is 11.8 Å². The van der Waals surface area contributed by atoms with Crippen molar-refractivity contribution >= 4 is 23.2 Å². The molecule has 4 heteroatoms. The van der Waals surface area contributed by atoms with Crippen LogP contribution < -0.4 is 5.32 Å². The maximum absolute atomic E-state index is 6.21. The topological polar surface area (TPSA) is 15.3 Å². The van der Waals surface area contributed by atoms with Gasteiger partial charge in [0.2, 0.25) is 0 Å². The second kappa shape index (κ2) is 4.77. The van der Waals surface area contributed by atoms with E-state index in [1.54, 1.807) is 0 Å². The van der Waals surface area contributed by atoms with Crippen molar-refractivity contribution in [3.63, 3.8) is 0 Å². The van der Waals surface area contributed by atoms with E-state index in [-0.39, 0.29) is 0 Å². The lowest BCUT2D eigenvalue weighted by molar-refractivity contribution is 0.306. The Morgan fingerprint density at radius 2 is 1.88 bits per heavy atom. The minimum atomic E-state index is 0.709. The summed E-state index contributed by atoms with van der Waals surface area (Å²) < 4.78 is 0. The predicted molar refractivity (Wildman–Crippen MR) is 71.6 cm³/mol. The fourth-order valence-corrected chi connectivity index (χ4v) is 3.44. The van der Waals surface area contributed by atoms with Crippen molar-refractivity contribution < 1.29 is 0 Å². The summed E-state index contributed by atoms with van der Waals surface area (Å²) in [6, 6.07) is 5.79. The smallest absolute Gasteiger partial charge is 0.0465 e. The zero-order chi connectivity index (χ0) is 11.8. The number of fused-ring (bicyclic) bond motifs is 1. The van der Waals surface area contributed by atoms with Crippen LogP contribution in [-0.2, 0) is 6.54 Å². The molecule has 2 aliphatic heterocycles. The van der Waals surface area contributed by atoms with Gasteiger partial charge in [-0.1, -0.05) is 29.3 Å². The van der Waals surface area contributed by atoms with Gasteiger partial charge in [-0.25, -0.2) is 0 Å². The van der Waals surface area contributed by atoms with Crippen molar-refractivity contribution in [1.82, 2.24) is 10.2 Å². The molecule has 2 aliphatic rings. The van der Waals surface area contributed by atoms with Crippen molar-refractivity contribution in [3.8, 4) is 0 Å². The van der Waals surface area contributed by atoms with E-state index >= 15 is 0 Å². The standard InChI is InChI=1S/C13H16Cl2N2/c14-12-2-1-9(13(15)3-12)6-17-7-10-4-16-5-11(10)8-17/h1-3,10-11,16H,4-8H2. The molecule has 2 nitrogen and oxygen atoms in total. The van der Waals surface area contributed by atoms with Crippen LogP contribution in [0.2, 0.25) is 10.0 Å². The highest BCUT2D eigenvalue weighted by Gasteiger charge is 2.35. The molecule has 0 spiro atoms. The molecular weight excluding hydrogens is 255 g/mol. The van der Waals surface area contributed by atoms with Crippen LogP contribution in [0.15, 0.2) is 18.2 Å². The average Bonchev–Trinajstić information content (AvgIpc) is 2.82. The maximum atomic E-state index is 6.21. The van der Waals surface area contributed by atoms with Gasteiger partial charge in [-0.05, 0) is 42.6 Å². The molecule has 3 rings (SSSR count). The summed E-state index contributed by atoms with van der Waals surface area (Å²) in [5, 5.41) is 4.95. The molecule has 2 heterocycles. The number of rotatable bonds is 2. The number of nitrogens with zero attached hydrogens (tertiary/aromatic N) is 1. The number of likely N-dealkylation sites (tertiary alicyclic amines) is 1. The second-order valence-electron chi connectivity index (χ2n) is 5.11. The molecule has 2 atom stereocenters. The Morgan fingerprint density at radius 3 is 2.53 bits per heavy atom. The molecule has 1 N–H and O–H groups in total. The summed E-state index contributed by atoms with van der Waals surface area (Å²) in [6.45, 7) is 5.68. The Labute approximate surface area is 112 Å². The van der Waals surface area contributed by atoms with E-state index in [1.165, 1.54) is 31.7 Å². The number of benzene rings is 1. The molecule has 2 unspecified atom stereocenters. The highest BCUT2D eigenvalue weighted by atomic mass is 35.5. The molecule has 2 fully saturated rings. The molecule has 0 aliphatic carbocycles. The van der Waals surface area contributed by atoms with Crippen molar-refractivity contribution in [2.24, 2.45) is 11.8 Å². The molecular formula is C13H16Cl2N2. The minimum absolute atomic E-state index is 0.709. The Morgan fingerprint density at radius 1 is 1.18 bits per heavy atom. The minimum Gasteiger partial charge on any atom is -0.316 e. The molecule has 1 aromatic rings. The molecule has 1 aromatic carbocycles. The fraction of sp³-hybridized carbons (Fsp3) is 0.538. The van der Waals surface area contributed by atoms with Gasteiger partial charge < -0.3 is 5.32 Å². The Balaban J connectivity index is 1.67. The first-order chi connectivity index (χ1) is 8.22. The van der Waals surface area contributed by atoms with Crippen molar-refractivity contribution in [2.45, 2.75) is 6.54 Å². The van der Waals surface area contributed by atoms with Crippen molar-refractivity contribution in [1.29, 1.82) is 0 Å². The lowest BCUT2D eigenvalue weighted by Crippen LogP contribution is -2.25. The molecule has 0 amide bonds. The number of hydrogen-bond donors (Lipinski definition) is 1. The third-order valence-corrected chi connectivity index (χ3v) is 4.46. The van der Waals surface area contributed by atoms with Gasteiger partial charge in [0.25, 0.3) is 0 Å². The van der Waals surface area contributed by atoms with E-state index in [1.807, 2.05) is 18.2 Å². The monoisotopic (exact) mass is 270 g/mol.